The van der Waals surface area contributed by atoms with Crippen LogP contribution in [0.3, 0.4) is 0 Å². The molecule has 2 N–H and O–H groups in total. The molecule has 1 aromatic heterocycles. The first-order chi connectivity index (χ1) is 11.6. The van der Waals surface area contributed by atoms with Crippen molar-refractivity contribution in [2.24, 2.45) is 5.92 Å². The van der Waals surface area contributed by atoms with Crippen molar-refractivity contribution in [2.45, 2.75) is 57.1 Å². The molecular weight excluding hydrogens is 302 g/mol. The van der Waals surface area contributed by atoms with Crippen LogP contribution >= 0.6 is 0 Å². The monoisotopic (exact) mass is 331 g/mol. The number of amides is 1. The van der Waals surface area contributed by atoms with E-state index in [9.17, 15) is 9.90 Å². The van der Waals surface area contributed by atoms with Gasteiger partial charge in [0, 0.05) is 37.1 Å². The van der Waals surface area contributed by atoms with Gasteiger partial charge in [-0.15, -0.1) is 0 Å². The molecule has 2 aliphatic rings. The number of pyridine rings is 1. The molecule has 1 saturated heterocycles. The molecule has 132 valence electrons. The van der Waals surface area contributed by atoms with E-state index in [1.807, 2.05) is 12.1 Å². The summed E-state index contributed by atoms with van der Waals surface area (Å²) in [6.07, 6.45) is 9.58. The number of carbonyl (C=O) groups excluding carboxylic acids is 1. The Kier molecular flexibility index (Phi) is 5.51. The quantitative estimate of drug-likeness (QED) is 0.886. The summed E-state index contributed by atoms with van der Waals surface area (Å²) >= 11 is 0. The lowest BCUT2D eigenvalue weighted by Crippen LogP contribution is -2.49. The van der Waals surface area contributed by atoms with E-state index in [-0.39, 0.29) is 5.91 Å². The molecule has 0 spiro atoms. The molecule has 1 aromatic rings. The molecule has 1 aliphatic carbocycles. The van der Waals surface area contributed by atoms with Crippen LogP contribution in [0.1, 0.15) is 51.0 Å². The summed E-state index contributed by atoms with van der Waals surface area (Å²) in [6, 6.07) is 4.13. The van der Waals surface area contributed by atoms with Crippen molar-refractivity contribution in [2.75, 3.05) is 19.6 Å². The van der Waals surface area contributed by atoms with Crippen molar-refractivity contribution in [1.29, 1.82) is 0 Å². The lowest BCUT2D eigenvalue weighted by atomic mass is 9.85. The summed E-state index contributed by atoms with van der Waals surface area (Å²) in [7, 11) is 0. The van der Waals surface area contributed by atoms with E-state index < -0.39 is 5.60 Å². The first-order valence-corrected chi connectivity index (χ1v) is 9.21. The maximum absolute atomic E-state index is 12.3. The summed E-state index contributed by atoms with van der Waals surface area (Å²) in [4.78, 5) is 18.6. The topological polar surface area (TPSA) is 65.5 Å². The van der Waals surface area contributed by atoms with Gasteiger partial charge in [0.25, 0.3) is 0 Å². The summed E-state index contributed by atoms with van der Waals surface area (Å²) in [6.45, 7) is 4.14. The van der Waals surface area contributed by atoms with Crippen molar-refractivity contribution >= 4 is 5.91 Å². The molecule has 1 aliphatic heterocycles. The van der Waals surface area contributed by atoms with Crippen LogP contribution in [0.15, 0.2) is 24.5 Å². The van der Waals surface area contributed by atoms with E-state index in [0.717, 1.165) is 25.1 Å². The second kappa shape index (κ2) is 7.62. The molecule has 0 bridgehead atoms. The van der Waals surface area contributed by atoms with Crippen molar-refractivity contribution < 1.29 is 9.90 Å². The molecular formula is C19H29N3O2. The van der Waals surface area contributed by atoms with Crippen LogP contribution in [0.5, 0.6) is 0 Å². The minimum atomic E-state index is -0.806. The fraction of sp³-hybridized carbons (Fsp3) is 0.684. The van der Waals surface area contributed by atoms with Crippen LogP contribution in [-0.4, -0.2) is 46.6 Å². The fourth-order valence-corrected chi connectivity index (χ4v) is 3.99. The van der Waals surface area contributed by atoms with Crippen molar-refractivity contribution in [3.63, 3.8) is 0 Å². The maximum Gasteiger partial charge on any atom is 0.234 e. The van der Waals surface area contributed by atoms with Crippen LogP contribution in [0, 0.1) is 5.92 Å². The Labute approximate surface area is 144 Å². The molecule has 1 amide bonds. The van der Waals surface area contributed by atoms with E-state index in [0.29, 0.717) is 31.3 Å². The lowest BCUT2D eigenvalue weighted by Gasteiger charge is -2.38. The zero-order chi connectivity index (χ0) is 17.0. The van der Waals surface area contributed by atoms with E-state index in [1.54, 1.807) is 12.4 Å². The molecule has 2 fully saturated rings. The number of aliphatic hydroxyl groups is 1. The minimum absolute atomic E-state index is 0.126. The predicted molar refractivity (Wildman–Crippen MR) is 93.4 cm³/mol. The van der Waals surface area contributed by atoms with Crippen LogP contribution in [-0.2, 0) is 10.4 Å². The SMILES string of the molecule is C[C@@H]1CCCC[C@H]1NC(=O)CN1CCC(O)(c2cccnc2)CC1. The van der Waals surface area contributed by atoms with Gasteiger partial charge < -0.3 is 10.4 Å². The van der Waals surface area contributed by atoms with E-state index >= 15 is 0 Å². The van der Waals surface area contributed by atoms with Crippen LogP contribution in [0.2, 0.25) is 0 Å². The first-order valence-electron chi connectivity index (χ1n) is 9.21. The average molecular weight is 331 g/mol. The molecule has 2 heterocycles. The molecule has 1 saturated carbocycles. The largest absolute Gasteiger partial charge is 0.385 e. The number of carbonyl (C=O) groups is 1. The van der Waals surface area contributed by atoms with Crippen LogP contribution < -0.4 is 5.32 Å². The highest BCUT2D eigenvalue weighted by atomic mass is 16.3. The molecule has 5 heteroatoms. The van der Waals surface area contributed by atoms with Gasteiger partial charge in [-0.3, -0.25) is 14.7 Å². The number of rotatable bonds is 4. The van der Waals surface area contributed by atoms with Crippen molar-refractivity contribution in [1.82, 2.24) is 15.2 Å². The van der Waals surface area contributed by atoms with Crippen LogP contribution in [0.4, 0.5) is 0 Å². The molecule has 0 aromatic carbocycles. The summed E-state index contributed by atoms with van der Waals surface area (Å²) in [5.74, 6) is 0.709. The summed E-state index contributed by atoms with van der Waals surface area (Å²) in [5, 5.41) is 14.0. The molecule has 2 atom stereocenters. The number of nitrogens with zero attached hydrogens (tertiary/aromatic N) is 2. The van der Waals surface area contributed by atoms with Gasteiger partial charge in [-0.1, -0.05) is 25.8 Å². The van der Waals surface area contributed by atoms with Gasteiger partial charge in [0.05, 0.1) is 12.1 Å². The van der Waals surface area contributed by atoms with Gasteiger partial charge in [-0.2, -0.15) is 0 Å². The van der Waals surface area contributed by atoms with Gasteiger partial charge in [-0.25, -0.2) is 0 Å². The summed E-state index contributed by atoms with van der Waals surface area (Å²) < 4.78 is 0. The zero-order valence-electron chi connectivity index (χ0n) is 14.6. The highest BCUT2D eigenvalue weighted by molar-refractivity contribution is 5.78. The number of piperidine rings is 1. The Morgan fingerprint density at radius 3 is 2.79 bits per heavy atom. The zero-order valence-corrected chi connectivity index (χ0v) is 14.6. The Balaban J connectivity index is 1.47. The molecule has 24 heavy (non-hydrogen) atoms. The average Bonchev–Trinajstić information content (AvgIpc) is 2.60. The van der Waals surface area contributed by atoms with Gasteiger partial charge >= 0.3 is 0 Å². The number of likely N-dealkylation sites (tertiary alicyclic amines) is 1. The third-order valence-electron chi connectivity index (χ3n) is 5.71. The Morgan fingerprint density at radius 1 is 1.38 bits per heavy atom. The molecule has 0 radical (unpaired) electrons. The third-order valence-corrected chi connectivity index (χ3v) is 5.71. The maximum atomic E-state index is 12.3. The second-order valence-corrected chi connectivity index (χ2v) is 7.49. The van der Waals surface area contributed by atoms with E-state index in [2.05, 4.69) is 22.1 Å². The normalized spacial score (nSPS) is 27.6. The van der Waals surface area contributed by atoms with Gasteiger partial charge in [0.1, 0.15) is 0 Å². The predicted octanol–water partition coefficient (Wildman–Crippen LogP) is 2.06. The summed E-state index contributed by atoms with van der Waals surface area (Å²) in [5.41, 5.74) is 0.0733. The van der Waals surface area contributed by atoms with Gasteiger partial charge in [0.2, 0.25) is 5.91 Å². The fourth-order valence-electron chi connectivity index (χ4n) is 3.99. The first kappa shape index (κ1) is 17.4. The Bertz CT molecular complexity index is 541. The van der Waals surface area contributed by atoms with E-state index in [4.69, 9.17) is 0 Å². The van der Waals surface area contributed by atoms with Crippen molar-refractivity contribution in [3.05, 3.63) is 30.1 Å². The molecule has 5 nitrogen and oxygen atoms in total. The molecule has 0 unspecified atom stereocenters. The van der Waals surface area contributed by atoms with Gasteiger partial charge in [-0.05, 0) is 37.7 Å². The van der Waals surface area contributed by atoms with Gasteiger partial charge in [0.15, 0.2) is 0 Å². The highest BCUT2D eigenvalue weighted by Crippen LogP contribution is 2.32. The Hall–Kier alpha value is -1.46. The minimum Gasteiger partial charge on any atom is -0.385 e. The smallest absolute Gasteiger partial charge is 0.234 e. The highest BCUT2D eigenvalue weighted by Gasteiger charge is 2.34. The Morgan fingerprint density at radius 2 is 2.12 bits per heavy atom. The number of nitrogens with one attached hydrogen (secondary N) is 1. The third kappa shape index (κ3) is 4.14. The number of hydrogen-bond acceptors (Lipinski definition) is 4. The standard InChI is InChI=1S/C19H29N3O2/c1-15-5-2-3-7-17(15)21-18(23)14-22-11-8-19(24,9-12-22)16-6-4-10-20-13-16/h4,6,10,13,15,17,24H,2-3,5,7-9,11-12,14H2,1H3,(H,21,23)/t15-,17-/m1/s1. The molecule has 3 rings (SSSR count). The van der Waals surface area contributed by atoms with E-state index in [1.165, 1.54) is 19.3 Å². The lowest BCUT2D eigenvalue weighted by molar-refractivity contribution is -0.124. The number of aromatic nitrogens is 1. The second-order valence-electron chi connectivity index (χ2n) is 7.49. The van der Waals surface area contributed by atoms with Crippen molar-refractivity contribution in [3.8, 4) is 0 Å². The van der Waals surface area contributed by atoms with Crippen LogP contribution in [0.25, 0.3) is 0 Å². The number of hydrogen-bond donors (Lipinski definition) is 2.